The van der Waals surface area contributed by atoms with Gasteiger partial charge in [0.2, 0.25) is 11.8 Å². The third-order valence-corrected chi connectivity index (χ3v) is 7.81. The molecule has 0 N–H and O–H groups in total. The van der Waals surface area contributed by atoms with Gasteiger partial charge in [-0.15, -0.1) is 0 Å². The summed E-state index contributed by atoms with van der Waals surface area (Å²) in [6.45, 7) is 9.14. The summed E-state index contributed by atoms with van der Waals surface area (Å²) in [5.41, 5.74) is 6.69. The Morgan fingerprint density at radius 3 is 1.88 bits per heavy atom. The minimum absolute atomic E-state index is 0.00842. The van der Waals surface area contributed by atoms with Crippen molar-refractivity contribution in [3.63, 3.8) is 0 Å². The third kappa shape index (κ3) is 2.84. The minimum atomic E-state index is -0.373. The number of hydrogen-bond acceptors (Lipinski definition) is 3. The molecular weight excluding hydrogens is 422 g/mol. The molecule has 1 heterocycles. The molecule has 3 aromatic rings. The molecule has 4 nitrogen and oxygen atoms in total. The highest BCUT2D eigenvalue weighted by atomic mass is 16.5. The van der Waals surface area contributed by atoms with Gasteiger partial charge in [-0.3, -0.25) is 9.59 Å². The molecule has 172 valence electrons. The van der Waals surface area contributed by atoms with Crippen LogP contribution in [0.3, 0.4) is 0 Å². The zero-order valence-corrected chi connectivity index (χ0v) is 20.0. The molecule has 34 heavy (non-hydrogen) atoms. The summed E-state index contributed by atoms with van der Waals surface area (Å²) in [5, 5.41) is 0. The maximum Gasteiger partial charge on any atom is 0.238 e. The van der Waals surface area contributed by atoms with Crippen LogP contribution < -0.4 is 9.64 Å². The SMILES string of the molecule is CCOc1ccc(N2C(=O)[C@H]3[C@@H]4c5ccccc5[C@H](c5cc(C(C)(C)C)ccc54)[C@@H]3C2=O)cc1. The molecule has 7 rings (SSSR count). The number of hydrogen-bond donors (Lipinski definition) is 0. The first-order chi connectivity index (χ1) is 16.3. The van der Waals surface area contributed by atoms with Crippen molar-refractivity contribution in [2.24, 2.45) is 11.8 Å². The molecule has 0 spiro atoms. The largest absolute Gasteiger partial charge is 0.494 e. The lowest BCUT2D eigenvalue weighted by Gasteiger charge is -2.46. The summed E-state index contributed by atoms with van der Waals surface area (Å²) >= 11 is 0. The maximum atomic E-state index is 13.9. The molecule has 0 unspecified atom stereocenters. The number of nitrogens with zero attached hydrogens (tertiary/aromatic N) is 1. The quantitative estimate of drug-likeness (QED) is 0.474. The average Bonchev–Trinajstić information content (AvgIpc) is 3.09. The van der Waals surface area contributed by atoms with Gasteiger partial charge in [-0.05, 0) is 64.4 Å². The van der Waals surface area contributed by atoms with E-state index in [2.05, 4.69) is 51.1 Å². The second kappa shape index (κ2) is 7.30. The first-order valence-corrected chi connectivity index (χ1v) is 12.1. The van der Waals surface area contributed by atoms with E-state index < -0.39 is 0 Å². The smallest absolute Gasteiger partial charge is 0.238 e. The Morgan fingerprint density at radius 1 is 0.765 bits per heavy atom. The van der Waals surface area contributed by atoms with Crippen LogP contribution in [0.2, 0.25) is 0 Å². The van der Waals surface area contributed by atoms with Gasteiger partial charge in [0.05, 0.1) is 24.1 Å². The number of carbonyl (C=O) groups is 2. The lowest BCUT2D eigenvalue weighted by atomic mass is 9.54. The van der Waals surface area contributed by atoms with Gasteiger partial charge in [-0.2, -0.15) is 0 Å². The molecule has 0 radical (unpaired) electrons. The highest BCUT2D eigenvalue weighted by Crippen LogP contribution is 2.61. The fourth-order valence-corrected chi connectivity index (χ4v) is 6.31. The van der Waals surface area contributed by atoms with E-state index in [4.69, 9.17) is 4.74 Å². The molecular formula is C30H29NO3. The predicted molar refractivity (Wildman–Crippen MR) is 132 cm³/mol. The molecule has 1 saturated heterocycles. The Morgan fingerprint density at radius 2 is 1.32 bits per heavy atom. The topological polar surface area (TPSA) is 46.6 Å². The fraction of sp³-hybridized carbons (Fsp3) is 0.333. The molecule has 4 atom stereocenters. The van der Waals surface area contributed by atoms with Crippen molar-refractivity contribution in [2.75, 3.05) is 11.5 Å². The van der Waals surface area contributed by atoms with E-state index in [-0.39, 0.29) is 40.9 Å². The van der Waals surface area contributed by atoms with E-state index >= 15 is 0 Å². The second-order valence-electron chi connectivity index (χ2n) is 10.7. The molecule has 1 fully saturated rings. The van der Waals surface area contributed by atoms with Crippen LogP contribution in [-0.4, -0.2) is 18.4 Å². The predicted octanol–water partition coefficient (Wildman–Crippen LogP) is 5.78. The van der Waals surface area contributed by atoms with Gasteiger partial charge in [0.25, 0.3) is 0 Å². The monoisotopic (exact) mass is 451 g/mol. The van der Waals surface area contributed by atoms with Gasteiger partial charge in [0.1, 0.15) is 5.75 Å². The van der Waals surface area contributed by atoms with Crippen LogP contribution >= 0.6 is 0 Å². The first kappa shape index (κ1) is 21.2. The highest BCUT2D eigenvalue weighted by molar-refractivity contribution is 6.23. The van der Waals surface area contributed by atoms with Crippen LogP contribution in [0.25, 0.3) is 0 Å². The summed E-state index contributed by atoms with van der Waals surface area (Å²) in [7, 11) is 0. The standard InChI is InChI=1S/C30H29NO3/c1-5-34-19-13-11-18(12-14-19)31-28(32)26-24-20-8-6-7-9-21(20)25(27(26)29(31)33)23-16-17(30(2,3)4)10-15-22(23)24/h6-16,24-27H,5H2,1-4H3/t24-,25-,26+,27+/m1/s1. The van der Waals surface area contributed by atoms with Crippen LogP contribution in [0, 0.1) is 11.8 Å². The number of rotatable bonds is 3. The number of ether oxygens (including phenoxy) is 1. The van der Waals surface area contributed by atoms with Crippen LogP contribution in [0.4, 0.5) is 5.69 Å². The molecule has 2 bridgehead atoms. The second-order valence-corrected chi connectivity index (χ2v) is 10.7. The van der Waals surface area contributed by atoms with Crippen LogP contribution in [0.15, 0.2) is 66.7 Å². The Hall–Kier alpha value is -3.40. The normalized spacial score (nSPS) is 24.6. The molecule has 3 aromatic carbocycles. The number of imide groups is 1. The minimum Gasteiger partial charge on any atom is -0.494 e. The lowest BCUT2D eigenvalue weighted by molar-refractivity contribution is -0.122. The number of amides is 2. The van der Waals surface area contributed by atoms with Gasteiger partial charge in [-0.25, -0.2) is 4.90 Å². The first-order valence-electron chi connectivity index (χ1n) is 12.1. The Labute approximate surface area is 200 Å². The summed E-state index contributed by atoms with van der Waals surface area (Å²) in [4.78, 5) is 29.2. The zero-order chi connectivity index (χ0) is 23.8. The molecule has 3 aliphatic carbocycles. The van der Waals surface area contributed by atoms with Gasteiger partial charge in [0, 0.05) is 11.8 Å². The Bertz CT molecular complexity index is 1320. The van der Waals surface area contributed by atoms with Crippen molar-refractivity contribution >= 4 is 17.5 Å². The van der Waals surface area contributed by atoms with Crippen LogP contribution in [0.5, 0.6) is 5.75 Å². The van der Waals surface area contributed by atoms with Crippen molar-refractivity contribution in [3.05, 3.63) is 94.5 Å². The summed E-state index contributed by atoms with van der Waals surface area (Å²) in [5.74, 6) is -0.386. The van der Waals surface area contributed by atoms with Gasteiger partial charge in [0.15, 0.2) is 0 Å². The summed E-state index contributed by atoms with van der Waals surface area (Å²) in [6, 6.07) is 22.4. The average molecular weight is 452 g/mol. The lowest BCUT2D eigenvalue weighted by Crippen LogP contribution is -2.41. The Balaban J connectivity index is 1.50. The fourth-order valence-electron chi connectivity index (χ4n) is 6.31. The van der Waals surface area contributed by atoms with E-state index in [1.54, 1.807) is 0 Å². The maximum absolute atomic E-state index is 13.9. The van der Waals surface area contributed by atoms with Crippen molar-refractivity contribution in [1.29, 1.82) is 0 Å². The molecule has 4 aliphatic rings. The van der Waals surface area contributed by atoms with E-state index in [9.17, 15) is 9.59 Å². The number of benzene rings is 3. The van der Waals surface area contributed by atoms with E-state index in [1.165, 1.54) is 32.7 Å². The van der Waals surface area contributed by atoms with Crippen LogP contribution in [0.1, 0.15) is 67.3 Å². The zero-order valence-electron chi connectivity index (χ0n) is 20.0. The molecule has 0 aromatic heterocycles. The van der Waals surface area contributed by atoms with Crippen molar-refractivity contribution < 1.29 is 14.3 Å². The number of carbonyl (C=O) groups excluding carboxylic acids is 2. The molecule has 4 heteroatoms. The van der Waals surface area contributed by atoms with Gasteiger partial charge < -0.3 is 4.74 Å². The van der Waals surface area contributed by atoms with Crippen molar-refractivity contribution in [3.8, 4) is 5.75 Å². The van der Waals surface area contributed by atoms with Crippen molar-refractivity contribution in [1.82, 2.24) is 0 Å². The molecule has 1 aliphatic heterocycles. The van der Waals surface area contributed by atoms with Gasteiger partial charge >= 0.3 is 0 Å². The summed E-state index contributed by atoms with van der Waals surface area (Å²) < 4.78 is 5.55. The highest BCUT2D eigenvalue weighted by Gasteiger charge is 2.61. The third-order valence-electron chi connectivity index (χ3n) is 7.81. The molecule has 2 amide bonds. The Kier molecular flexibility index (Phi) is 4.54. The summed E-state index contributed by atoms with van der Waals surface area (Å²) in [6.07, 6.45) is 0. The van der Waals surface area contributed by atoms with Crippen LogP contribution in [-0.2, 0) is 15.0 Å². The van der Waals surface area contributed by atoms with Crippen molar-refractivity contribution in [2.45, 2.75) is 44.9 Å². The van der Waals surface area contributed by atoms with E-state index in [1.807, 2.05) is 43.3 Å². The van der Waals surface area contributed by atoms with Gasteiger partial charge in [-0.1, -0.05) is 63.2 Å². The number of anilines is 1. The molecule has 0 saturated carbocycles. The van der Waals surface area contributed by atoms with E-state index in [0.717, 1.165) is 5.75 Å². The van der Waals surface area contributed by atoms with E-state index in [0.29, 0.717) is 12.3 Å².